The third-order valence-electron chi connectivity index (χ3n) is 3.74. The molecule has 2 aliphatic heterocycles. The Morgan fingerprint density at radius 1 is 1.14 bits per heavy atom. The Bertz CT molecular complexity index is 605. The van der Waals surface area contributed by atoms with Crippen LogP contribution >= 0.6 is 0 Å². The van der Waals surface area contributed by atoms with Crippen molar-refractivity contribution in [2.75, 3.05) is 14.1 Å². The predicted molar refractivity (Wildman–Crippen MR) is 72.4 cm³/mol. The highest BCUT2D eigenvalue weighted by molar-refractivity contribution is 6.03. The SMILES string of the molecule is CN1C(=O)C2C(NNN2C(=O)c2ccccc2)N(C)C1=O. The van der Waals surface area contributed by atoms with Crippen LogP contribution in [0.3, 0.4) is 0 Å². The maximum Gasteiger partial charge on any atom is 0.327 e. The summed E-state index contributed by atoms with van der Waals surface area (Å²) in [4.78, 5) is 39.1. The quantitative estimate of drug-likeness (QED) is 0.719. The van der Waals surface area contributed by atoms with E-state index in [9.17, 15) is 14.4 Å². The second-order valence-corrected chi connectivity index (χ2v) is 4.98. The van der Waals surface area contributed by atoms with Crippen molar-refractivity contribution >= 4 is 17.8 Å². The van der Waals surface area contributed by atoms with E-state index in [-0.39, 0.29) is 5.91 Å². The Morgan fingerprint density at radius 3 is 2.48 bits per heavy atom. The van der Waals surface area contributed by atoms with E-state index in [4.69, 9.17) is 0 Å². The first-order valence-corrected chi connectivity index (χ1v) is 6.46. The summed E-state index contributed by atoms with van der Waals surface area (Å²) in [5, 5.41) is 1.22. The van der Waals surface area contributed by atoms with Crippen LogP contribution in [0.4, 0.5) is 4.79 Å². The number of hydrazine groups is 2. The number of nitrogens with zero attached hydrogens (tertiary/aromatic N) is 3. The molecule has 2 aliphatic rings. The molecule has 2 unspecified atom stereocenters. The normalized spacial score (nSPS) is 25.3. The fraction of sp³-hybridized carbons (Fsp3) is 0.308. The van der Waals surface area contributed by atoms with E-state index in [0.717, 1.165) is 4.90 Å². The monoisotopic (exact) mass is 289 g/mol. The molecule has 4 amide bonds. The zero-order chi connectivity index (χ0) is 15.1. The van der Waals surface area contributed by atoms with Gasteiger partial charge in [-0.25, -0.2) is 15.2 Å². The molecule has 8 nitrogen and oxygen atoms in total. The van der Waals surface area contributed by atoms with E-state index in [1.807, 2.05) is 0 Å². The van der Waals surface area contributed by atoms with Crippen LogP contribution < -0.4 is 11.0 Å². The highest BCUT2D eigenvalue weighted by atomic mass is 16.2. The fourth-order valence-electron chi connectivity index (χ4n) is 2.52. The van der Waals surface area contributed by atoms with Gasteiger partial charge in [-0.1, -0.05) is 18.2 Å². The average molecular weight is 289 g/mol. The van der Waals surface area contributed by atoms with Gasteiger partial charge in [0.25, 0.3) is 11.8 Å². The number of carbonyl (C=O) groups excluding carboxylic acids is 3. The van der Waals surface area contributed by atoms with Crippen LogP contribution in [0.15, 0.2) is 30.3 Å². The zero-order valence-corrected chi connectivity index (χ0v) is 11.6. The van der Waals surface area contributed by atoms with Crippen molar-refractivity contribution in [1.82, 2.24) is 25.8 Å². The number of imide groups is 1. The Morgan fingerprint density at radius 2 is 1.81 bits per heavy atom. The van der Waals surface area contributed by atoms with E-state index >= 15 is 0 Å². The number of nitrogens with one attached hydrogen (secondary N) is 2. The van der Waals surface area contributed by atoms with Crippen molar-refractivity contribution in [2.24, 2.45) is 0 Å². The summed E-state index contributed by atoms with van der Waals surface area (Å²) in [6.45, 7) is 0. The van der Waals surface area contributed by atoms with Crippen molar-refractivity contribution in [2.45, 2.75) is 12.2 Å². The molecule has 0 saturated carbocycles. The lowest BCUT2D eigenvalue weighted by molar-refractivity contribution is -0.136. The molecule has 0 bridgehead atoms. The van der Waals surface area contributed by atoms with E-state index in [0.29, 0.717) is 5.56 Å². The van der Waals surface area contributed by atoms with Gasteiger partial charge in [0.2, 0.25) is 0 Å². The van der Waals surface area contributed by atoms with Crippen molar-refractivity contribution in [3.05, 3.63) is 35.9 Å². The summed E-state index contributed by atoms with van der Waals surface area (Å²) < 4.78 is 0. The van der Waals surface area contributed by atoms with Gasteiger partial charge in [0.1, 0.15) is 6.17 Å². The molecule has 21 heavy (non-hydrogen) atoms. The van der Waals surface area contributed by atoms with Crippen molar-refractivity contribution < 1.29 is 14.4 Å². The highest BCUT2D eigenvalue weighted by Crippen LogP contribution is 2.22. The minimum atomic E-state index is -0.801. The summed E-state index contributed by atoms with van der Waals surface area (Å²) in [7, 11) is 2.98. The molecule has 2 fully saturated rings. The van der Waals surface area contributed by atoms with Gasteiger partial charge in [-0.2, -0.15) is 5.53 Å². The number of benzene rings is 1. The molecule has 1 aromatic rings. The highest BCUT2D eigenvalue weighted by Gasteiger charge is 2.51. The van der Waals surface area contributed by atoms with E-state index < -0.39 is 24.1 Å². The number of amides is 4. The molecule has 0 aromatic heterocycles. The van der Waals surface area contributed by atoms with Crippen LogP contribution in [0.5, 0.6) is 0 Å². The molecular formula is C13H15N5O3. The molecule has 2 heterocycles. The number of carbonyl (C=O) groups is 3. The predicted octanol–water partition coefficient (Wildman–Crippen LogP) is -0.630. The Labute approximate surface area is 121 Å². The zero-order valence-electron chi connectivity index (χ0n) is 11.6. The number of fused-ring (bicyclic) bond motifs is 1. The third-order valence-corrected chi connectivity index (χ3v) is 3.74. The lowest BCUT2D eigenvalue weighted by Crippen LogP contribution is -2.65. The van der Waals surface area contributed by atoms with Gasteiger partial charge in [0.05, 0.1) is 0 Å². The molecule has 0 radical (unpaired) electrons. The van der Waals surface area contributed by atoms with Gasteiger partial charge >= 0.3 is 6.03 Å². The summed E-state index contributed by atoms with van der Waals surface area (Å²) in [6, 6.07) is 7.43. The van der Waals surface area contributed by atoms with E-state index in [1.54, 1.807) is 37.4 Å². The van der Waals surface area contributed by atoms with Crippen molar-refractivity contribution in [3.63, 3.8) is 0 Å². The minimum absolute atomic E-state index is 0.333. The smallest absolute Gasteiger partial charge is 0.308 e. The van der Waals surface area contributed by atoms with Gasteiger partial charge in [0.15, 0.2) is 6.04 Å². The van der Waals surface area contributed by atoms with Crippen LogP contribution in [0.1, 0.15) is 10.4 Å². The topological polar surface area (TPSA) is 85.0 Å². The van der Waals surface area contributed by atoms with Gasteiger partial charge in [0, 0.05) is 19.7 Å². The van der Waals surface area contributed by atoms with Crippen LogP contribution in [-0.4, -0.2) is 59.0 Å². The van der Waals surface area contributed by atoms with Crippen LogP contribution in [0.2, 0.25) is 0 Å². The van der Waals surface area contributed by atoms with Gasteiger partial charge in [-0.15, -0.1) is 0 Å². The van der Waals surface area contributed by atoms with Gasteiger partial charge in [-0.05, 0) is 12.1 Å². The second kappa shape index (κ2) is 4.83. The van der Waals surface area contributed by atoms with Gasteiger partial charge < -0.3 is 4.90 Å². The summed E-state index contributed by atoms with van der Waals surface area (Å²) in [6.07, 6.45) is -0.589. The number of hydrogen-bond acceptors (Lipinski definition) is 5. The van der Waals surface area contributed by atoms with Crippen LogP contribution in [-0.2, 0) is 4.79 Å². The maximum absolute atomic E-state index is 12.5. The molecule has 1 aromatic carbocycles. The largest absolute Gasteiger partial charge is 0.327 e. The summed E-state index contributed by atoms with van der Waals surface area (Å²) in [5.74, 6) is -0.759. The number of urea groups is 1. The number of likely N-dealkylation sites (N-methyl/N-ethyl adjacent to an activating group) is 2. The molecule has 0 spiro atoms. The molecule has 2 N–H and O–H groups in total. The lowest BCUT2D eigenvalue weighted by Gasteiger charge is -2.38. The molecule has 3 rings (SSSR count). The molecule has 2 saturated heterocycles. The molecular weight excluding hydrogens is 274 g/mol. The Balaban J connectivity index is 1.91. The molecule has 110 valence electrons. The third kappa shape index (κ3) is 1.96. The first-order valence-electron chi connectivity index (χ1n) is 6.46. The molecule has 8 heteroatoms. The van der Waals surface area contributed by atoms with Crippen LogP contribution in [0, 0.1) is 0 Å². The number of rotatable bonds is 1. The van der Waals surface area contributed by atoms with Gasteiger partial charge in [-0.3, -0.25) is 14.5 Å². The Kier molecular flexibility index (Phi) is 3.11. The Hall–Kier alpha value is -2.45. The molecule has 2 atom stereocenters. The first-order chi connectivity index (χ1) is 10.0. The van der Waals surface area contributed by atoms with Crippen molar-refractivity contribution in [1.29, 1.82) is 0 Å². The van der Waals surface area contributed by atoms with Crippen molar-refractivity contribution in [3.8, 4) is 0 Å². The standard InChI is InChI=1S/C13H15N5O3/c1-16-10-9(12(20)17(2)13(16)21)18(15-14-10)11(19)8-6-4-3-5-7-8/h3-7,9-10,14-15H,1-2H3. The van der Waals surface area contributed by atoms with E-state index in [1.165, 1.54) is 17.0 Å². The van der Waals surface area contributed by atoms with E-state index in [2.05, 4.69) is 11.0 Å². The first kappa shape index (κ1) is 13.5. The summed E-state index contributed by atoms with van der Waals surface area (Å²) >= 11 is 0. The maximum atomic E-state index is 12.5. The summed E-state index contributed by atoms with van der Waals surface area (Å²) in [5.41, 5.74) is 5.95. The fourth-order valence-corrected chi connectivity index (χ4v) is 2.52. The second-order valence-electron chi connectivity index (χ2n) is 4.98. The van der Waals surface area contributed by atoms with Crippen LogP contribution in [0.25, 0.3) is 0 Å². The average Bonchev–Trinajstić information content (AvgIpc) is 2.96. The minimum Gasteiger partial charge on any atom is -0.308 e. The molecule has 0 aliphatic carbocycles. The lowest BCUT2D eigenvalue weighted by atomic mass is 10.1. The number of hydrogen-bond donors (Lipinski definition) is 2.